The second-order valence-electron chi connectivity index (χ2n) is 4.75. The van der Waals surface area contributed by atoms with Crippen molar-refractivity contribution >= 4 is 14.6 Å². The van der Waals surface area contributed by atoms with Crippen molar-refractivity contribution in [3.05, 3.63) is 12.3 Å². The predicted octanol–water partition coefficient (Wildman–Crippen LogP) is 3.12. The number of hydrogen-bond acceptors (Lipinski definition) is 3. The number of aldehydes is 1. The van der Waals surface area contributed by atoms with Gasteiger partial charge in [0.2, 0.25) is 0 Å². The molecule has 0 saturated heterocycles. The fraction of sp³-hybridized carbons (Fsp3) is 0.769. The minimum absolute atomic E-state index is 0.0328. The van der Waals surface area contributed by atoms with Crippen molar-refractivity contribution in [2.24, 2.45) is 5.92 Å². The quantitative estimate of drug-likeness (QED) is 0.541. The van der Waals surface area contributed by atoms with Crippen molar-refractivity contribution in [1.29, 1.82) is 0 Å². The van der Waals surface area contributed by atoms with E-state index in [0.717, 1.165) is 24.4 Å². The molecule has 1 aliphatic rings. The highest BCUT2D eigenvalue weighted by Crippen LogP contribution is 2.29. The first-order valence-corrected chi connectivity index (χ1v) is 9.10. The second-order valence-corrected chi connectivity index (χ2v) is 9.47. The molecule has 0 bridgehead atoms. The van der Waals surface area contributed by atoms with Crippen LogP contribution >= 0.6 is 0 Å². The molecular weight excluding hydrogens is 232 g/mol. The topological polar surface area (TPSA) is 35.5 Å². The minimum atomic E-state index is -1.61. The van der Waals surface area contributed by atoms with Crippen LogP contribution in [0.2, 0.25) is 18.1 Å². The third kappa shape index (κ3) is 3.19. The van der Waals surface area contributed by atoms with Gasteiger partial charge in [-0.2, -0.15) is 0 Å². The lowest BCUT2D eigenvalue weighted by atomic mass is 9.97. The van der Waals surface area contributed by atoms with E-state index < -0.39 is 8.32 Å². The Labute approximate surface area is 105 Å². The average molecular weight is 256 g/mol. The Kier molecular flexibility index (Phi) is 5.40. The van der Waals surface area contributed by atoms with Gasteiger partial charge in [-0.3, -0.25) is 4.79 Å². The second kappa shape index (κ2) is 6.35. The minimum Gasteiger partial charge on any atom is -0.490 e. The summed E-state index contributed by atoms with van der Waals surface area (Å²) >= 11 is 0. The molecule has 0 saturated carbocycles. The van der Waals surface area contributed by atoms with Gasteiger partial charge in [0.25, 0.3) is 0 Å². The molecule has 17 heavy (non-hydrogen) atoms. The van der Waals surface area contributed by atoms with Crippen molar-refractivity contribution in [1.82, 2.24) is 0 Å². The molecule has 0 aliphatic carbocycles. The number of ether oxygens (including phenoxy) is 1. The number of carbonyl (C=O) groups is 1. The van der Waals surface area contributed by atoms with Gasteiger partial charge in [-0.25, -0.2) is 0 Å². The summed E-state index contributed by atoms with van der Waals surface area (Å²) < 4.78 is 11.7. The molecule has 0 radical (unpaired) electrons. The van der Waals surface area contributed by atoms with Crippen LogP contribution in [0.5, 0.6) is 0 Å². The number of rotatable bonds is 6. The van der Waals surface area contributed by atoms with E-state index in [1.165, 1.54) is 0 Å². The highest BCUT2D eigenvalue weighted by Gasteiger charge is 2.36. The van der Waals surface area contributed by atoms with E-state index in [1.54, 1.807) is 6.26 Å². The van der Waals surface area contributed by atoms with Crippen molar-refractivity contribution in [2.75, 3.05) is 0 Å². The van der Waals surface area contributed by atoms with Crippen molar-refractivity contribution in [3.63, 3.8) is 0 Å². The van der Waals surface area contributed by atoms with Crippen LogP contribution in [0.1, 0.15) is 27.7 Å². The van der Waals surface area contributed by atoms with E-state index >= 15 is 0 Å². The molecule has 4 heteroatoms. The summed E-state index contributed by atoms with van der Waals surface area (Å²) in [6.07, 6.45) is 4.11. The Morgan fingerprint density at radius 1 is 1.29 bits per heavy atom. The first kappa shape index (κ1) is 14.4. The van der Waals surface area contributed by atoms with Gasteiger partial charge >= 0.3 is 0 Å². The van der Waals surface area contributed by atoms with Crippen LogP contribution in [-0.4, -0.2) is 26.8 Å². The molecule has 0 amide bonds. The molecule has 0 N–H and O–H groups in total. The van der Waals surface area contributed by atoms with Crippen molar-refractivity contribution in [2.45, 2.75) is 58.0 Å². The van der Waals surface area contributed by atoms with Crippen LogP contribution in [-0.2, 0) is 14.0 Å². The zero-order valence-electron chi connectivity index (χ0n) is 11.3. The molecule has 3 nitrogen and oxygen atoms in total. The summed E-state index contributed by atoms with van der Waals surface area (Å²) in [7, 11) is -1.61. The molecule has 1 rings (SSSR count). The average Bonchev–Trinajstić information content (AvgIpc) is 2.38. The summed E-state index contributed by atoms with van der Waals surface area (Å²) in [5.41, 5.74) is 0. The predicted molar refractivity (Wildman–Crippen MR) is 71.3 cm³/mol. The summed E-state index contributed by atoms with van der Waals surface area (Å²) in [6, 6.07) is 3.39. The first-order chi connectivity index (χ1) is 8.12. The number of carbonyl (C=O) groups excluding carboxylic acids is 1. The van der Waals surface area contributed by atoms with E-state index in [4.69, 9.17) is 9.16 Å². The number of hydrogen-bond donors (Lipinski definition) is 0. The van der Waals surface area contributed by atoms with Gasteiger partial charge in [0.1, 0.15) is 0 Å². The fourth-order valence-electron chi connectivity index (χ4n) is 2.29. The van der Waals surface area contributed by atoms with Crippen LogP contribution in [0.15, 0.2) is 12.3 Å². The summed E-state index contributed by atoms with van der Waals surface area (Å²) in [5.74, 6) is 0.106. The van der Waals surface area contributed by atoms with Gasteiger partial charge in [0, 0.05) is 5.92 Å². The zero-order chi connectivity index (χ0) is 12.9. The molecule has 1 heterocycles. The lowest BCUT2D eigenvalue weighted by molar-refractivity contribution is -0.120. The molecule has 0 spiro atoms. The molecule has 0 aromatic carbocycles. The molecule has 3 atom stereocenters. The van der Waals surface area contributed by atoms with Gasteiger partial charge < -0.3 is 9.16 Å². The van der Waals surface area contributed by atoms with E-state index in [2.05, 4.69) is 20.8 Å². The van der Waals surface area contributed by atoms with Crippen LogP contribution in [0.3, 0.4) is 0 Å². The van der Waals surface area contributed by atoms with Crippen LogP contribution in [0.4, 0.5) is 0 Å². The third-order valence-corrected chi connectivity index (χ3v) is 8.63. The standard InChI is InChI=1S/C13H24O3Si/c1-5-17(6-2,7-3)16-12-8-9-15-13(10-14)11(12)4/h8-13H,5-7H2,1-4H3/t11-,12+,13+/m1/s1. The molecule has 1 aliphatic heterocycles. The Balaban J connectivity index is 2.75. The lowest BCUT2D eigenvalue weighted by Crippen LogP contribution is -2.45. The monoisotopic (exact) mass is 256 g/mol. The molecule has 0 aromatic heterocycles. The highest BCUT2D eigenvalue weighted by molar-refractivity contribution is 6.73. The van der Waals surface area contributed by atoms with Crippen LogP contribution in [0.25, 0.3) is 0 Å². The summed E-state index contributed by atoms with van der Waals surface area (Å²) in [6.45, 7) is 8.66. The molecule has 0 unspecified atom stereocenters. The Morgan fingerprint density at radius 2 is 1.88 bits per heavy atom. The van der Waals surface area contributed by atoms with Crippen LogP contribution in [0, 0.1) is 5.92 Å². The maximum atomic E-state index is 10.9. The van der Waals surface area contributed by atoms with Crippen LogP contribution < -0.4 is 0 Å². The molecule has 98 valence electrons. The smallest absolute Gasteiger partial charge is 0.192 e. The zero-order valence-corrected chi connectivity index (χ0v) is 12.3. The Bertz CT molecular complexity index is 266. The molecular formula is C13H24O3Si. The Hall–Kier alpha value is -0.613. The van der Waals surface area contributed by atoms with Crippen molar-refractivity contribution < 1.29 is 14.0 Å². The lowest BCUT2D eigenvalue weighted by Gasteiger charge is -2.37. The van der Waals surface area contributed by atoms with Gasteiger partial charge in [0.15, 0.2) is 20.7 Å². The highest BCUT2D eigenvalue weighted by atomic mass is 28.4. The largest absolute Gasteiger partial charge is 0.490 e. The molecule has 0 aromatic rings. The van der Waals surface area contributed by atoms with Gasteiger partial charge in [-0.1, -0.05) is 27.7 Å². The van der Waals surface area contributed by atoms with E-state index in [0.29, 0.717) is 0 Å². The summed E-state index contributed by atoms with van der Waals surface area (Å²) in [5, 5.41) is 0. The normalized spacial score (nSPS) is 28.8. The first-order valence-electron chi connectivity index (χ1n) is 6.57. The van der Waals surface area contributed by atoms with Gasteiger partial charge in [-0.05, 0) is 24.2 Å². The van der Waals surface area contributed by atoms with Gasteiger partial charge in [-0.15, -0.1) is 0 Å². The van der Waals surface area contributed by atoms with E-state index in [9.17, 15) is 4.79 Å². The maximum absolute atomic E-state index is 10.9. The van der Waals surface area contributed by atoms with E-state index in [1.807, 2.05) is 13.0 Å². The summed E-state index contributed by atoms with van der Waals surface area (Å²) in [4.78, 5) is 10.9. The van der Waals surface area contributed by atoms with Crippen molar-refractivity contribution in [3.8, 4) is 0 Å². The Morgan fingerprint density at radius 3 is 2.35 bits per heavy atom. The fourth-order valence-corrected chi connectivity index (χ4v) is 5.16. The molecule has 0 fully saturated rings. The van der Waals surface area contributed by atoms with E-state index in [-0.39, 0.29) is 18.1 Å². The third-order valence-electron chi connectivity index (χ3n) is 3.99. The SMILES string of the molecule is CC[Si](CC)(CC)O[C@H]1C=CO[C@@H](C=O)[C@@H]1C. The maximum Gasteiger partial charge on any atom is 0.192 e. The van der Waals surface area contributed by atoms with Gasteiger partial charge in [0.05, 0.1) is 12.4 Å².